The van der Waals surface area contributed by atoms with Crippen molar-refractivity contribution in [1.82, 2.24) is 0 Å². The Bertz CT molecular complexity index is 858. The number of hydrogen-bond donors (Lipinski definition) is 4. The van der Waals surface area contributed by atoms with Gasteiger partial charge in [-0.2, -0.15) is 16.8 Å². The van der Waals surface area contributed by atoms with Crippen molar-refractivity contribution in [1.29, 1.82) is 0 Å². The van der Waals surface area contributed by atoms with Gasteiger partial charge in [0.15, 0.2) is 9.84 Å². The Balaban J connectivity index is 3.26. The zero-order chi connectivity index (χ0) is 17.2. The molecule has 0 aromatic heterocycles. The van der Waals surface area contributed by atoms with Crippen molar-refractivity contribution in [2.75, 3.05) is 17.8 Å². The summed E-state index contributed by atoms with van der Waals surface area (Å²) in [6, 6.07) is 2.95. The van der Waals surface area contributed by atoms with Gasteiger partial charge in [-0.3, -0.25) is 14.9 Å². The minimum absolute atomic E-state index is 0.586. The molecule has 0 saturated carbocycles. The molecule has 1 rings (SSSR count). The molecule has 11 nitrogen and oxygen atoms in total. The summed E-state index contributed by atoms with van der Waals surface area (Å²) in [7, 11) is -13.8. The molecule has 0 saturated heterocycles. The Labute approximate surface area is 126 Å². The van der Waals surface area contributed by atoms with Crippen LogP contribution in [0.25, 0.3) is 0 Å². The largest absolute Gasteiger partial charge is 0.397 e. The number of nitrogen functional groups attached to an aromatic ring is 1. The summed E-state index contributed by atoms with van der Waals surface area (Å²) in [5.74, 6) is 4.19. The average Bonchev–Trinajstić information content (AvgIpc) is 2.34. The van der Waals surface area contributed by atoms with Crippen LogP contribution in [-0.4, -0.2) is 46.7 Å². The summed E-state index contributed by atoms with van der Waals surface area (Å²) in [5.41, 5.74) is 1.27. The van der Waals surface area contributed by atoms with Crippen LogP contribution in [0, 0.1) is 0 Å². The molecule has 0 atom stereocenters. The van der Waals surface area contributed by atoms with Crippen molar-refractivity contribution >= 4 is 36.0 Å². The third kappa shape index (κ3) is 4.87. The summed E-state index contributed by atoms with van der Waals surface area (Å²) in [6.45, 7) is -0.902. The number of hydrazine groups is 1. The molecule has 5 N–H and O–H groups in total. The van der Waals surface area contributed by atoms with E-state index in [2.05, 4.69) is 4.18 Å². The van der Waals surface area contributed by atoms with Gasteiger partial charge in [0.1, 0.15) is 4.90 Å². The number of hydrogen-bond acceptors (Lipinski definition) is 9. The molecule has 0 aliphatic heterocycles. The summed E-state index contributed by atoms with van der Waals surface area (Å²) >= 11 is 0. The van der Waals surface area contributed by atoms with Gasteiger partial charge in [-0.15, -0.1) is 0 Å². The molecule has 1 aromatic rings. The maximum absolute atomic E-state index is 12.0. The van der Waals surface area contributed by atoms with Crippen LogP contribution in [0.15, 0.2) is 28.0 Å². The van der Waals surface area contributed by atoms with Crippen molar-refractivity contribution in [2.24, 2.45) is 5.84 Å². The molecule has 0 heterocycles. The summed E-state index contributed by atoms with van der Waals surface area (Å²) in [5, 5.41) is 0. The zero-order valence-corrected chi connectivity index (χ0v) is 13.2. The van der Waals surface area contributed by atoms with Gasteiger partial charge >= 0.3 is 10.4 Å². The molecular weight excluding hydrogens is 364 g/mol. The second-order valence-electron chi connectivity index (χ2n) is 3.82. The second-order valence-corrected chi connectivity index (χ2v) is 8.38. The number of benzene rings is 1. The molecule has 0 spiro atoms. The fraction of sp³-hybridized carbons (Fsp3) is 0.250. The van der Waals surface area contributed by atoms with Crippen molar-refractivity contribution in [3.05, 3.63) is 18.2 Å². The molecular formula is C8H12N2O9S3. The van der Waals surface area contributed by atoms with Gasteiger partial charge < -0.3 is 5.43 Å². The third-order valence-corrected chi connectivity index (χ3v) is 5.40. The van der Waals surface area contributed by atoms with Gasteiger partial charge in [-0.05, 0) is 12.1 Å². The van der Waals surface area contributed by atoms with Crippen molar-refractivity contribution in [3.63, 3.8) is 0 Å². The van der Waals surface area contributed by atoms with E-state index in [1.165, 1.54) is 0 Å². The van der Waals surface area contributed by atoms with Crippen LogP contribution in [0.2, 0.25) is 0 Å². The molecule has 0 radical (unpaired) electrons. The predicted octanol–water partition coefficient (Wildman–Crippen LogP) is -1.19. The maximum atomic E-state index is 12.0. The molecule has 0 unspecified atom stereocenters. The third-order valence-electron chi connectivity index (χ3n) is 2.33. The lowest BCUT2D eigenvalue weighted by molar-refractivity contribution is 0.284. The lowest BCUT2D eigenvalue weighted by atomic mass is 10.3. The van der Waals surface area contributed by atoms with E-state index < -0.39 is 58.2 Å². The highest BCUT2D eigenvalue weighted by Gasteiger charge is 2.25. The van der Waals surface area contributed by atoms with Crippen molar-refractivity contribution in [2.45, 2.75) is 9.79 Å². The lowest BCUT2D eigenvalue weighted by Gasteiger charge is -2.12. The summed E-state index contributed by atoms with van der Waals surface area (Å²) in [4.78, 5) is -1.36. The van der Waals surface area contributed by atoms with Gasteiger partial charge in [-0.25, -0.2) is 12.6 Å². The monoisotopic (exact) mass is 376 g/mol. The van der Waals surface area contributed by atoms with E-state index in [0.29, 0.717) is 0 Å². The first-order chi connectivity index (χ1) is 9.88. The highest BCUT2D eigenvalue weighted by molar-refractivity contribution is 7.91. The van der Waals surface area contributed by atoms with Crippen LogP contribution in [0.5, 0.6) is 0 Å². The van der Waals surface area contributed by atoms with Gasteiger partial charge in [0.05, 0.1) is 22.9 Å². The molecule has 22 heavy (non-hydrogen) atoms. The first-order valence-corrected chi connectivity index (χ1v) is 9.76. The van der Waals surface area contributed by atoms with E-state index in [9.17, 15) is 25.3 Å². The van der Waals surface area contributed by atoms with Crippen LogP contribution in [-0.2, 0) is 34.5 Å². The van der Waals surface area contributed by atoms with E-state index in [-0.39, 0.29) is 0 Å². The van der Waals surface area contributed by atoms with E-state index in [1.807, 2.05) is 5.43 Å². The molecule has 0 aliphatic carbocycles. The van der Waals surface area contributed by atoms with Gasteiger partial charge in [-0.1, -0.05) is 6.07 Å². The van der Waals surface area contributed by atoms with Crippen molar-refractivity contribution in [3.8, 4) is 0 Å². The van der Waals surface area contributed by atoms with Gasteiger partial charge in [0.25, 0.3) is 10.1 Å². The standard InChI is InChI=1S/C8H12N2O9S3/c9-10-8-6(2-1-3-7(8)21(13,14)15)20(11,12)5-4-19-22(16,17)18/h1-3,10H,4-5,9H2,(H,13,14,15)(H,16,17,18). The normalized spacial score (nSPS) is 13.0. The van der Waals surface area contributed by atoms with Crippen molar-refractivity contribution < 1.29 is 38.5 Å². The fourth-order valence-electron chi connectivity index (χ4n) is 1.49. The maximum Gasteiger partial charge on any atom is 0.397 e. The van der Waals surface area contributed by atoms with Crippen LogP contribution < -0.4 is 11.3 Å². The zero-order valence-electron chi connectivity index (χ0n) is 10.7. The predicted molar refractivity (Wildman–Crippen MR) is 73.6 cm³/mol. The number of para-hydroxylation sites is 1. The Morgan fingerprint density at radius 3 is 2.05 bits per heavy atom. The highest BCUT2D eigenvalue weighted by atomic mass is 32.3. The Kier molecular flexibility index (Phi) is 5.50. The summed E-state index contributed by atoms with van der Waals surface area (Å²) < 4.78 is 88.4. The average molecular weight is 376 g/mol. The molecule has 0 bridgehead atoms. The van der Waals surface area contributed by atoms with E-state index >= 15 is 0 Å². The van der Waals surface area contributed by atoms with Crippen LogP contribution in [0.4, 0.5) is 5.69 Å². The van der Waals surface area contributed by atoms with Gasteiger partial charge in [0.2, 0.25) is 0 Å². The molecule has 0 amide bonds. The number of nitrogens with one attached hydrogen (secondary N) is 1. The molecule has 0 aliphatic rings. The topological polar surface area (TPSA) is 190 Å². The number of sulfone groups is 1. The van der Waals surface area contributed by atoms with E-state index in [1.54, 1.807) is 0 Å². The highest BCUT2D eigenvalue weighted by Crippen LogP contribution is 2.29. The van der Waals surface area contributed by atoms with Crippen LogP contribution >= 0.6 is 0 Å². The number of nitrogens with two attached hydrogens (primary N) is 1. The molecule has 126 valence electrons. The van der Waals surface area contributed by atoms with E-state index in [4.69, 9.17) is 14.9 Å². The first kappa shape index (κ1) is 18.8. The minimum Gasteiger partial charge on any atom is -0.322 e. The van der Waals surface area contributed by atoms with Crippen LogP contribution in [0.3, 0.4) is 0 Å². The van der Waals surface area contributed by atoms with Gasteiger partial charge in [0, 0.05) is 0 Å². The summed E-state index contributed by atoms with van der Waals surface area (Å²) in [6.07, 6.45) is 0. The Hall–Kier alpha value is -1.29. The number of rotatable bonds is 7. The number of anilines is 1. The van der Waals surface area contributed by atoms with Crippen LogP contribution in [0.1, 0.15) is 0 Å². The molecule has 0 fully saturated rings. The smallest absolute Gasteiger partial charge is 0.322 e. The molecule has 14 heteroatoms. The first-order valence-electron chi connectivity index (χ1n) is 5.30. The minimum atomic E-state index is -4.82. The lowest BCUT2D eigenvalue weighted by Crippen LogP contribution is -2.20. The second kappa shape index (κ2) is 6.45. The molecule has 1 aromatic carbocycles. The van der Waals surface area contributed by atoms with E-state index in [0.717, 1.165) is 18.2 Å². The quantitative estimate of drug-likeness (QED) is 0.254. The fourth-order valence-corrected chi connectivity index (χ4v) is 3.92. The Morgan fingerprint density at radius 1 is 1.05 bits per heavy atom. The SMILES string of the molecule is NNc1c(S(=O)(=O)O)cccc1S(=O)(=O)CCOS(=O)(=O)O. The Morgan fingerprint density at radius 2 is 1.59 bits per heavy atom.